The van der Waals surface area contributed by atoms with E-state index in [0.717, 1.165) is 36.3 Å². The van der Waals surface area contributed by atoms with Gasteiger partial charge in [0.25, 0.3) is 0 Å². The second-order valence-electron chi connectivity index (χ2n) is 8.22. The number of ether oxygens (including phenoxy) is 1. The quantitative estimate of drug-likeness (QED) is 0.399. The first kappa shape index (κ1) is 23.6. The fourth-order valence-corrected chi connectivity index (χ4v) is 4.81. The number of fused-ring (bicyclic) bond motifs is 3. The molecule has 1 saturated carbocycles. The zero-order valence-electron chi connectivity index (χ0n) is 17.9. The molecule has 1 fully saturated rings. The van der Waals surface area contributed by atoms with Crippen molar-refractivity contribution >= 4 is 28.9 Å². The lowest BCUT2D eigenvalue weighted by atomic mass is 9.95. The molecule has 0 bridgehead atoms. The highest BCUT2D eigenvalue weighted by Gasteiger charge is 2.33. The van der Waals surface area contributed by atoms with E-state index in [1.807, 2.05) is 12.1 Å². The van der Waals surface area contributed by atoms with Crippen molar-refractivity contribution in [1.82, 2.24) is 9.55 Å². The highest BCUT2D eigenvalue weighted by atomic mass is 35.5. The summed E-state index contributed by atoms with van der Waals surface area (Å²) in [5.74, 6) is 2.00. The number of imidazole rings is 1. The number of quaternary nitrogens is 2. The monoisotopic (exact) mass is 460 g/mol. The second-order valence-corrected chi connectivity index (χ2v) is 8.22. The number of rotatable bonds is 6. The van der Waals surface area contributed by atoms with Crippen molar-refractivity contribution in [3.8, 4) is 5.75 Å². The fourth-order valence-electron chi connectivity index (χ4n) is 4.81. The fraction of sp³-hybridized carbons (Fsp3) is 0.375. The highest BCUT2D eigenvalue weighted by Crippen LogP contribution is 2.26. The molecule has 0 amide bonds. The van der Waals surface area contributed by atoms with Crippen LogP contribution in [0.2, 0.25) is 0 Å². The molecule has 2 aliphatic rings. The third kappa shape index (κ3) is 4.75. The van der Waals surface area contributed by atoms with Crippen LogP contribution >= 0.6 is 0 Å². The number of methoxy groups -OCH3 is 1. The molecule has 1 unspecified atom stereocenters. The minimum atomic E-state index is 0. The molecule has 7 heteroatoms. The molecular weight excluding hydrogens is 431 g/mol. The van der Waals surface area contributed by atoms with Gasteiger partial charge in [0.1, 0.15) is 18.8 Å². The average Bonchev–Trinajstić information content (AvgIpc) is 3.31. The van der Waals surface area contributed by atoms with Crippen LogP contribution < -0.4 is 39.8 Å². The Hall–Kier alpha value is -2.05. The van der Waals surface area contributed by atoms with Crippen molar-refractivity contribution in [2.24, 2.45) is 0 Å². The van der Waals surface area contributed by atoms with E-state index < -0.39 is 0 Å². The summed E-state index contributed by atoms with van der Waals surface area (Å²) in [6, 6.07) is 17.6. The summed E-state index contributed by atoms with van der Waals surface area (Å²) in [7, 11) is 1.71. The van der Waals surface area contributed by atoms with Crippen LogP contribution in [0.3, 0.4) is 0 Å². The van der Waals surface area contributed by atoms with E-state index in [9.17, 15) is 0 Å². The van der Waals surface area contributed by atoms with Gasteiger partial charge < -0.3 is 34.9 Å². The Bertz CT molecular complexity index is 1030. The van der Waals surface area contributed by atoms with E-state index in [0.29, 0.717) is 0 Å². The van der Waals surface area contributed by atoms with Gasteiger partial charge in [-0.05, 0) is 62.1 Å². The van der Waals surface area contributed by atoms with Crippen LogP contribution in [0.1, 0.15) is 37.7 Å². The van der Waals surface area contributed by atoms with E-state index in [4.69, 9.17) is 9.72 Å². The first-order valence-corrected chi connectivity index (χ1v) is 10.9. The van der Waals surface area contributed by atoms with Crippen LogP contribution in [-0.2, 0) is 0 Å². The lowest BCUT2D eigenvalue weighted by Crippen LogP contribution is -3.08. The van der Waals surface area contributed by atoms with Crippen LogP contribution in [0.5, 0.6) is 5.75 Å². The lowest BCUT2D eigenvalue weighted by Gasteiger charge is -2.21. The van der Waals surface area contributed by atoms with Gasteiger partial charge in [0, 0.05) is 5.56 Å². The predicted molar refractivity (Wildman–Crippen MR) is 116 cm³/mol. The molecule has 0 spiro atoms. The minimum absolute atomic E-state index is 0. The first-order valence-electron chi connectivity index (χ1n) is 10.9. The standard InChI is InChI=1S/C24H28N4O.2ClH/c1-29-20-13-11-18(12-14-20)23-17-28-22-10-6-5-9-21(22)26-24(28)27(23)16-15-25-19-7-3-2-4-8-19;;/h5-6,9-14,17,19,25H,2-4,7-8,15-16H2,1H3;2*1H. The van der Waals surface area contributed by atoms with Crippen molar-refractivity contribution in [1.29, 1.82) is 0 Å². The molecule has 1 aliphatic carbocycles. The number of nitrogens with one attached hydrogen (secondary N) is 1. The minimum Gasteiger partial charge on any atom is -1.00 e. The van der Waals surface area contributed by atoms with E-state index in [1.54, 1.807) is 7.11 Å². The van der Waals surface area contributed by atoms with Crippen molar-refractivity contribution < 1.29 is 39.8 Å². The summed E-state index contributed by atoms with van der Waals surface area (Å²) in [4.78, 5) is 6.34. The summed E-state index contributed by atoms with van der Waals surface area (Å²) in [5.41, 5.74) is 4.77. The van der Waals surface area contributed by atoms with Gasteiger partial charge in [0.2, 0.25) is 0 Å². The first-order chi connectivity index (χ1) is 14.3. The Morgan fingerprint density at radius 1 is 1.03 bits per heavy atom. The molecular formula is C24H30Cl2N4O. The Labute approximate surface area is 196 Å². The third-order valence-corrected chi connectivity index (χ3v) is 6.39. The molecule has 1 atom stereocenters. The SMILES string of the molecule is COc1ccc(C2=Cn3c(nc4ccccc43)[NH+]2CC[NH2+]C2CCCCC2)cc1.[Cl-].[Cl-]. The van der Waals surface area contributed by atoms with Crippen LogP contribution in [-0.4, -0.2) is 35.8 Å². The second kappa shape index (κ2) is 10.5. The van der Waals surface area contributed by atoms with Crippen molar-refractivity contribution in [2.45, 2.75) is 38.1 Å². The van der Waals surface area contributed by atoms with Crippen molar-refractivity contribution in [3.63, 3.8) is 0 Å². The maximum Gasteiger partial charge on any atom is 0.318 e. The molecule has 166 valence electrons. The number of hydrogen-bond acceptors (Lipinski definition) is 2. The molecule has 31 heavy (non-hydrogen) atoms. The Morgan fingerprint density at radius 2 is 1.77 bits per heavy atom. The van der Waals surface area contributed by atoms with Crippen molar-refractivity contribution in [3.05, 3.63) is 54.1 Å². The number of benzene rings is 2. The summed E-state index contributed by atoms with van der Waals surface area (Å²) in [6.07, 6.45) is 9.21. The topological polar surface area (TPSA) is 48.1 Å². The largest absolute Gasteiger partial charge is 1.00 e. The van der Waals surface area contributed by atoms with Gasteiger partial charge in [0.15, 0.2) is 5.70 Å². The van der Waals surface area contributed by atoms with Crippen LogP contribution in [0, 0.1) is 0 Å². The van der Waals surface area contributed by atoms with Crippen LogP contribution in [0.25, 0.3) is 22.9 Å². The smallest absolute Gasteiger partial charge is 0.318 e. The number of halogens is 2. The molecule has 5 nitrogen and oxygen atoms in total. The molecule has 0 radical (unpaired) electrons. The number of nitrogens with zero attached hydrogens (tertiary/aromatic N) is 2. The van der Waals surface area contributed by atoms with Gasteiger partial charge in [0.05, 0.1) is 30.4 Å². The normalized spacial score (nSPS) is 18.1. The molecule has 1 aliphatic heterocycles. The van der Waals surface area contributed by atoms with Gasteiger partial charge in [-0.15, -0.1) is 0 Å². The molecule has 3 N–H and O–H groups in total. The Morgan fingerprint density at radius 3 is 2.52 bits per heavy atom. The van der Waals surface area contributed by atoms with E-state index >= 15 is 0 Å². The van der Waals surface area contributed by atoms with Gasteiger partial charge in [-0.25, -0.2) is 9.47 Å². The summed E-state index contributed by atoms with van der Waals surface area (Å²) in [5, 5.41) is 2.57. The van der Waals surface area contributed by atoms with Gasteiger partial charge in [-0.1, -0.05) is 18.6 Å². The summed E-state index contributed by atoms with van der Waals surface area (Å²) >= 11 is 0. The molecule has 5 rings (SSSR count). The highest BCUT2D eigenvalue weighted by molar-refractivity contribution is 5.85. The third-order valence-electron chi connectivity index (χ3n) is 6.39. The lowest BCUT2D eigenvalue weighted by molar-refractivity contribution is -0.795. The molecule has 1 aromatic heterocycles. The summed E-state index contributed by atoms with van der Waals surface area (Å²) in [6.45, 7) is 2.16. The number of hydrogen-bond donors (Lipinski definition) is 2. The Kier molecular flexibility index (Phi) is 8.00. The zero-order chi connectivity index (χ0) is 19.6. The van der Waals surface area contributed by atoms with E-state index in [2.05, 4.69) is 52.5 Å². The van der Waals surface area contributed by atoms with Gasteiger partial charge in [-0.3, -0.25) is 0 Å². The van der Waals surface area contributed by atoms with Gasteiger partial charge >= 0.3 is 5.95 Å². The average molecular weight is 461 g/mol. The number of nitrogens with two attached hydrogens (primary N) is 1. The Balaban J connectivity index is 0.00000136. The molecule has 0 saturated heterocycles. The number of aromatic nitrogens is 2. The molecule has 3 aromatic rings. The van der Waals surface area contributed by atoms with E-state index in [1.165, 1.54) is 53.8 Å². The maximum absolute atomic E-state index is 5.35. The zero-order valence-corrected chi connectivity index (χ0v) is 19.4. The number of para-hydroxylation sites is 2. The van der Waals surface area contributed by atoms with Crippen LogP contribution in [0.15, 0.2) is 48.5 Å². The molecule has 2 aromatic carbocycles. The summed E-state index contributed by atoms with van der Waals surface area (Å²) < 4.78 is 7.62. The van der Waals surface area contributed by atoms with Crippen molar-refractivity contribution in [2.75, 3.05) is 20.2 Å². The van der Waals surface area contributed by atoms with E-state index in [-0.39, 0.29) is 24.8 Å². The maximum atomic E-state index is 5.35. The van der Waals surface area contributed by atoms with Gasteiger partial charge in [-0.2, -0.15) is 4.98 Å². The molecule has 2 heterocycles. The predicted octanol–water partition coefficient (Wildman–Crippen LogP) is -3.57. The van der Waals surface area contributed by atoms with Crippen LogP contribution in [0.4, 0.5) is 5.95 Å².